The summed E-state index contributed by atoms with van der Waals surface area (Å²) in [6, 6.07) is 6.80. The van der Waals surface area contributed by atoms with Crippen LogP contribution >= 0.6 is 0 Å². The number of hydrogen-bond donors (Lipinski definition) is 2. The first kappa shape index (κ1) is 15.0. The summed E-state index contributed by atoms with van der Waals surface area (Å²) < 4.78 is 25.4. The van der Waals surface area contributed by atoms with Crippen molar-refractivity contribution in [3.05, 3.63) is 24.3 Å². The van der Waals surface area contributed by atoms with Gasteiger partial charge in [-0.05, 0) is 51.6 Å². The number of sulfonamides is 1. The van der Waals surface area contributed by atoms with E-state index >= 15 is 0 Å². The SMILES string of the molecule is CCCC(C)(C)Nc1ccc(S(=O)(=O)NC)cc1. The Bertz CT molecular complexity index is 478. The molecule has 5 heteroatoms. The summed E-state index contributed by atoms with van der Waals surface area (Å²) in [5, 5.41) is 3.40. The predicted molar refractivity (Wildman–Crippen MR) is 75.3 cm³/mol. The quantitative estimate of drug-likeness (QED) is 0.835. The van der Waals surface area contributed by atoms with Gasteiger partial charge in [-0.2, -0.15) is 0 Å². The summed E-state index contributed by atoms with van der Waals surface area (Å²) >= 11 is 0. The minimum atomic E-state index is -3.35. The molecule has 1 aromatic rings. The molecule has 1 rings (SSSR count). The van der Waals surface area contributed by atoms with Crippen LogP contribution in [0.25, 0.3) is 0 Å². The van der Waals surface area contributed by atoms with Crippen LogP contribution in [0.5, 0.6) is 0 Å². The Balaban J connectivity index is 2.84. The first-order valence-electron chi connectivity index (χ1n) is 6.12. The molecule has 0 aliphatic rings. The number of hydrogen-bond acceptors (Lipinski definition) is 3. The van der Waals surface area contributed by atoms with Crippen LogP contribution in [0.3, 0.4) is 0 Å². The summed E-state index contributed by atoms with van der Waals surface area (Å²) in [4.78, 5) is 0.281. The monoisotopic (exact) mass is 270 g/mol. The Morgan fingerprint density at radius 3 is 2.17 bits per heavy atom. The first-order valence-corrected chi connectivity index (χ1v) is 7.61. The molecule has 18 heavy (non-hydrogen) atoms. The van der Waals surface area contributed by atoms with Gasteiger partial charge < -0.3 is 5.32 Å². The molecular weight excluding hydrogens is 248 g/mol. The molecule has 0 bridgehead atoms. The third kappa shape index (κ3) is 3.99. The summed E-state index contributed by atoms with van der Waals surface area (Å²) in [5.74, 6) is 0. The highest BCUT2D eigenvalue weighted by Gasteiger charge is 2.16. The highest BCUT2D eigenvalue weighted by Crippen LogP contribution is 2.21. The largest absolute Gasteiger partial charge is 0.380 e. The lowest BCUT2D eigenvalue weighted by atomic mass is 9.98. The van der Waals surface area contributed by atoms with Gasteiger partial charge in [0.15, 0.2) is 0 Å². The van der Waals surface area contributed by atoms with E-state index in [1.807, 2.05) is 0 Å². The lowest BCUT2D eigenvalue weighted by Gasteiger charge is -2.27. The van der Waals surface area contributed by atoms with Crippen LogP contribution in [0, 0.1) is 0 Å². The van der Waals surface area contributed by atoms with Gasteiger partial charge in [-0.1, -0.05) is 13.3 Å². The van der Waals surface area contributed by atoms with Gasteiger partial charge in [0.05, 0.1) is 4.90 Å². The van der Waals surface area contributed by atoms with Gasteiger partial charge in [0.1, 0.15) is 0 Å². The van der Waals surface area contributed by atoms with Crippen molar-refractivity contribution in [2.75, 3.05) is 12.4 Å². The molecule has 4 nitrogen and oxygen atoms in total. The molecule has 0 aliphatic carbocycles. The summed E-state index contributed by atoms with van der Waals surface area (Å²) in [5.41, 5.74) is 0.946. The second-order valence-electron chi connectivity index (χ2n) is 4.99. The van der Waals surface area contributed by atoms with Crippen LogP contribution in [-0.2, 0) is 10.0 Å². The molecule has 2 N–H and O–H groups in total. The summed E-state index contributed by atoms with van der Waals surface area (Å²) in [6.07, 6.45) is 2.16. The molecule has 0 spiro atoms. The maximum Gasteiger partial charge on any atom is 0.240 e. The highest BCUT2D eigenvalue weighted by molar-refractivity contribution is 7.89. The van der Waals surface area contributed by atoms with Crippen molar-refractivity contribution >= 4 is 15.7 Å². The van der Waals surface area contributed by atoms with Crippen molar-refractivity contribution < 1.29 is 8.42 Å². The molecule has 0 amide bonds. The second-order valence-corrected chi connectivity index (χ2v) is 6.88. The third-order valence-electron chi connectivity index (χ3n) is 2.79. The predicted octanol–water partition coefficient (Wildman–Crippen LogP) is 2.59. The highest BCUT2D eigenvalue weighted by atomic mass is 32.2. The molecule has 0 radical (unpaired) electrons. The Kier molecular flexibility index (Phi) is 4.76. The Labute approximate surface area is 110 Å². The van der Waals surface area contributed by atoms with Gasteiger partial charge in [-0.15, -0.1) is 0 Å². The first-order chi connectivity index (χ1) is 8.30. The molecule has 0 heterocycles. The molecule has 0 aliphatic heterocycles. The number of anilines is 1. The average molecular weight is 270 g/mol. The van der Waals surface area contributed by atoms with Crippen molar-refractivity contribution in [1.82, 2.24) is 4.72 Å². The number of rotatable bonds is 6. The van der Waals surface area contributed by atoms with Crippen LogP contribution in [0.2, 0.25) is 0 Å². The smallest absolute Gasteiger partial charge is 0.240 e. The molecule has 0 fully saturated rings. The number of nitrogens with one attached hydrogen (secondary N) is 2. The van der Waals surface area contributed by atoms with Gasteiger partial charge in [0, 0.05) is 11.2 Å². The van der Waals surface area contributed by atoms with Gasteiger partial charge in [-0.25, -0.2) is 13.1 Å². The Morgan fingerprint density at radius 1 is 1.17 bits per heavy atom. The van der Waals surface area contributed by atoms with Crippen LogP contribution in [-0.4, -0.2) is 21.0 Å². The zero-order valence-electron chi connectivity index (χ0n) is 11.4. The van der Waals surface area contributed by atoms with Crippen LogP contribution in [0.15, 0.2) is 29.2 Å². The van der Waals surface area contributed by atoms with E-state index in [4.69, 9.17) is 0 Å². The van der Waals surface area contributed by atoms with E-state index in [2.05, 4.69) is 30.8 Å². The van der Waals surface area contributed by atoms with Gasteiger partial charge in [0.2, 0.25) is 10.0 Å². The van der Waals surface area contributed by atoms with Gasteiger partial charge in [0.25, 0.3) is 0 Å². The van der Waals surface area contributed by atoms with Crippen LogP contribution < -0.4 is 10.0 Å². The molecular formula is C13H22N2O2S. The van der Waals surface area contributed by atoms with Crippen molar-refractivity contribution in [2.45, 2.75) is 44.0 Å². The molecule has 0 atom stereocenters. The lowest BCUT2D eigenvalue weighted by Crippen LogP contribution is -2.30. The summed E-state index contributed by atoms with van der Waals surface area (Å²) in [6.45, 7) is 6.41. The fraction of sp³-hybridized carbons (Fsp3) is 0.538. The Morgan fingerprint density at radius 2 is 1.72 bits per heavy atom. The maximum atomic E-state index is 11.6. The minimum absolute atomic E-state index is 0.0121. The Hall–Kier alpha value is -1.07. The van der Waals surface area contributed by atoms with Crippen molar-refractivity contribution in [3.8, 4) is 0 Å². The van der Waals surface area contributed by atoms with Crippen LogP contribution in [0.1, 0.15) is 33.6 Å². The normalized spacial score (nSPS) is 12.4. The standard InChI is InChI=1S/C13H22N2O2S/c1-5-10-13(2,3)15-11-6-8-12(9-7-11)18(16,17)14-4/h6-9,14-15H,5,10H2,1-4H3. The molecule has 0 aromatic heterocycles. The van der Waals surface area contributed by atoms with E-state index in [1.54, 1.807) is 24.3 Å². The van der Waals surface area contributed by atoms with E-state index in [0.29, 0.717) is 0 Å². The van der Waals surface area contributed by atoms with Crippen molar-refractivity contribution in [2.24, 2.45) is 0 Å². The van der Waals surface area contributed by atoms with Crippen molar-refractivity contribution in [3.63, 3.8) is 0 Å². The average Bonchev–Trinajstić information content (AvgIpc) is 2.29. The van der Waals surface area contributed by atoms with E-state index in [1.165, 1.54) is 7.05 Å². The zero-order chi connectivity index (χ0) is 13.8. The van der Waals surface area contributed by atoms with Gasteiger partial charge >= 0.3 is 0 Å². The van der Waals surface area contributed by atoms with Gasteiger partial charge in [-0.3, -0.25) is 0 Å². The second kappa shape index (κ2) is 5.71. The summed E-state index contributed by atoms with van der Waals surface area (Å²) in [7, 11) is -1.94. The molecule has 102 valence electrons. The molecule has 0 unspecified atom stereocenters. The topological polar surface area (TPSA) is 58.2 Å². The van der Waals surface area contributed by atoms with E-state index in [0.717, 1.165) is 18.5 Å². The minimum Gasteiger partial charge on any atom is -0.380 e. The third-order valence-corrected chi connectivity index (χ3v) is 4.22. The lowest BCUT2D eigenvalue weighted by molar-refractivity contribution is 0.511. The van der Waals surface area contributed by atoms with E-state index < -0.39 is 10.0 Å². The molecule has 0 saturated carbocycles. The number of benzene rings is 1. The van der Waals surface area contributed by atoms with Crippen LogP contribution in [0.4, 0.5) is 5.69 Å². The fourth-order valence-electron chi connectivity index (χ4n) is 1.91. The molecule has 0 saturated heterocycles. The zero-order valence-corrected chi connectivity index (χ0v) is 12.3. The maximum absolute atomic E-state index is 11.6. The van der Waals surface area contributed by atoms with E-state index in [-0.39, 0.29) is 10.4 Å². The fourth-order valence-corrected chi connectivity index (χ4v) is 2.64. The van der Waals surface area contributed by atoms with E-state index in [9.17, 15) is 8.42 Å². The van der Waals surface area contributed by atoms with Crippen molar-refractivity contribution in [1.29, 1.82) is 0 Å². The molecule has 1 aromatic carbocycles.